The van der Waals surface area contributed by atoms with Crippen molar-refractivity contribution in [3.8, 4) is 0 Å². The highest BCUT2D eigenvalue weighted by molar-refractivity contribution is 7.80. The fourth-order valence-corrected chi connectivity index (χ4v) is 7.45. The Morgan fingerprint density at radius 1 is 1.04 bits per heavy atom. The number of thiol groups is 1. The summed E-state index contributed by atoms with van der Waals surface area (Å²) in [4.78, 5) is 84.5. The van der Waals surface area contributed by atoms with Crippen LogP contribution in [0.5, 0.6) is 0 Å². The van der Waals surface area contributed by atoms with Crippen molar-refractivity contribution < 1.29 is 90.7 Å². The Hall–Kier alpha value is -2.68. The van der Waals surface area contributed by atoms with Gasteiger partial charge in [0.1, 0.15) is 36.3 Å². The minimum atomic E-state index is -5.54. The van der Waals surface area contributed by atoms with Crippen LogP contribution in [-0.2, 0) is 50.7 Å². The van der Waals surface area contributed by atoms with Gasteiger partial charge in [-0.3, -0.25) is 32.5 Å². The molecule has 2 unspecified atom stereocenters. The minimum Gasteiger partial charge on any atom is -0.481 e. The Balaban J connectivity index is 0.00000122. The van der Waals surface area contributed by atoms with Gasteiger partial charge in [-0.1, -0.05) is 13.8 Å². The maximum atomic E-state index is 12.6. The third-order valence-electron chi connectivity index (χ3n) is 7.10. The van der Waals surface area contributed by atoms with Gasteiger partial charge in [0, 0.05) is 30.7 Å². The highest BCUT2D eigenvalue weighted by Crippen LogP contribution is 2.61. The van der Waals surface area contributed by atoms with Crippen molar-refractivity contribution in [3.63, 3.8) is 0 Å². The Morgan fingerprint density at radius 2 is 1.66 bits per heavy atom. The van der Waals surface area contributed by atoms with E-state index < -0.39 is 90.2 Å². The number of phosphoric acid groups is 3. The Morgan fingerprint density at radius 3 is 2.21 bits per heavy atom. The van der Waals surface area contributed by atoms with E-state index in [1.807, 2.05) is 0 Å². The molecule has 1 fully saturated rings. The molecule has 3 heterocycles. The lowest BCUT2D eigenvalue weighted by Crippen LogP contribution is -2.46. The molecule has 56 heavy (non-hydrogen) atoms. The zero-order valence-corrected chi connectivity index (χ0v) is 33.8. The molecule has 30 heteroatoms. The molecule has 0 aromatic carbocycles. The summed E-state index contributed by atoms with van der Waals surface area (Å²) in [6.07, 6.45) is -6.94. The summed E-state index contributed by atoms with van der Waals surface area (Å²) < 4.78 is 61.7. The fourth-order valence-electron chi connectivity index (χ4n) is 4.51. The van der Waals surface area contributed by atoms with Crippen molar-refractivity contribution in [1.82, 2.24) is 30.2 Å². The summed E-state index contributed by atoms with van der Waals surface area (Å²) in [5, 5.41) is 43.0. The minimum absolute atomic E-state index is 0.0363. The number of carboxylic acid groups (broad SMARTS) is 1. The zero-order chi connectivity index (χ0) is 42.9. The average molecular weight is 886 g/mol. The third-order valence-corrected chi connectivity index (χ3v) is 10.4. The number of carboxylic acids is 1. The van der Waals surface area contributed by atoms with Crippen LogP contribution in [0.25, 0.3) is 11.2 Å². The number of rotatable bonds is 20. The number of ether oxygens (including phenoxy) is 1. The molecular formula is C26H46N7O19P3S. The van der Waals surface area contributed by atoms with Crippen LogP contribution in [0.4, 0.5) is 5.82 Å². The second-order valence-electron chi connectivity index (χ2n) is 13.2. The van der Waals surface area contributed by atoms with E-state index in [9.17, 15) is 57.9 Å². The summed E-state index contributed by atoms with van der Waals surface area (Å²) in [5.41, 5.74) is 3.22. The lowest BCUT2D eigenvalue weighted by atomic mass is 9.87. The molecule has 2 aromatic heterocycles. The third kappa shape index (κ3) is 16.3. The fraction of sp³-hybridized carbons (Fsp3) is 0.692. The molecule has 0 bridgehead atoms. The van der Waals surface area contributed by atoms with Crippen molar-refractivity contribution in [1.29, 1.82) is 0 Å². The second kappa shape index (κ2) is 20.3. The van der Waals surface area contributed by atoms with E-state index in [1.54, 1.807) is 0 Å². The summed E-state index contributed by atoms with van der Waals surface area (Å²) in [6.45, 7) is 3.64. The van der Waals surface area contributed by atoms with Gasteiger partial charge in [-0.2, -0.15) is 16.9 Å². The van der Waals surface area contributed by atoms with Gasteiger partial charge in [-0.25, -0.2) is 28.6 Å². The molecule has 1 saturated heterocycles. The van der Waals surface area contributed by atoms with Gasteiger partial charge in [-0.05, 0) is 13.8 Å². The number of hydrogen-bond donors (Lipinski definition) is 12. The largest absolute Gasteiger partial charge is 0.481 e. The number of aromatic nitrogens is 4. The summed E-state index contributed by atoms with van der Waals surface area (Å²) in [7, 11) is -16.3. The number of fused-ring (bicyclic) bond motifs is 1. The number of nitrogens with zero attached hydrogens (tertiary/aromatic N) is 4. The average Bonchev–Trinajstić information content (AvgIpc) is 3.60. The van der Waals surface area contributed by atoms with E-state index in [4.69, 9.17) is 29.7 Å². The van der Waals surface area contributed by atoms with Crippen LogP contribution in [0.15, 0.2) is 12.7 Å². The molecule has 26 nitrogen and oxygen atoms in total. The molecule has 2 aromatic rings. The molecule has 12 N–H and O–H groups in total. The van der Waals surface area contributed by atoms with Crippen LogP contribution in [0.2, 0.25) is 0 Å². The Bertz CT molecular complexity index is 1810. The lowest BCUT2D eigenvalue weighted by molar-refractivity contribution is -0.141. The number of nitrogens with two attached hydrogens (primary N) is 1. The zero-order valence-electron chi connectivity index (χ0n) is 30.2. The van der Waals surface area contributed by atoms with Crippen molar-refractivity contribution in [3.05, 3.63) is 12.7 Å². The lowest BCUT2D eigenvalue weighted by Gasteiger charge is -2.30. The first-order valence-electron chi connectivity index (χ1n) is 16.0. The monoisotopic (exact) mass is 885 g/mol. The van der Waals surface area contributed by atoms with Crippen molar-refractivity contribution in [2.75, 3.05) is 37.8 Å². The van der Waals surface area contributed by atoms with E-state index in [1.165, 1.54) is 27.7 Å². The van der Waals surface area contributed by atoms with Crippen LogP contribution < -0.4 is 16.4 Å². The highest BCUT2D eigenvalue weighted by Gasteiger charge is 2.50. The van der Waals surface area contributed by atoms with Crippen molar-refractivity contribution in [2.45, 2.75) is 76.8 Å². The molecular weight excluding hydrogens is 839 g/mol. The van der Waals surface area contributed by atoms with Gasteiger partial charge >= 0.3 is 29.4 Å². The van der Waals surface area contributed by atoms with Crippen LogP contribution >= 0.6 is 36.1 Å². The molecule has 0 spiro atoms. The predicted molar refractivity (Wildman–Crippen MR) is 192 cm³/mol. The van der Waals surface area contributed by atoms with Crippen molar-refractivity contribution >= 4 is 70.9 Å². The standard InChI is InChI=1S/C21H36N7O16P3S.C5H10O3/c1-21(2,16(31)19(32)24-4-3-12(29)23-5-6-48)8-41-47(38,39)44-46(36,37)40-7-11-15(43-45(33,34)35)14(30)20(42-11)28-10-27-13-17(22)25-9-26-18(13)28;1-5(2,8)3-4(6)7/h9-11,14-16,20,30-31,48H,3-8H2,1-2H3,(H,23,29)(H,24,32)(H,36,37)(H,38,39)(H2,22,25,26)(H2,33,34,35);8H,3H2,1-2H3,(H,6,7)/t11-,14-,15-,16+,20-;/m1./s1. The molecule has 1 aliphatic rings. The van der Waals surface area contributed by atoms with Crippen molar-refractivity contribution in [2.24, 2.45) is 5.41 Å². The van der Waals surface area contributed by atoms with E-state index in [0.717, 1.165) is 17.2 Å². The maximum Gasteiger partial charge on any atom is 0.481 e. The van der Waals surface area contributed by atoms with Crippen LogP contribution in [0, 0.1) is 5.41 Å². The molecule has 320 valence electrons. The number of amides is 2. The van der Waals surface area contributed by atoms with Crippen LogP contribution in [0.1, 0.15) is 46.8 Å². The molecule has 0 aliphatic carbocycles. The number of aliphatic carboxylic acids is 1. The molecule has 2 amide bonds. The highest BCUT2D eigenvalue weighted by atomic mass is 32.1. The van der Waals surface area contributed by atoms with E-state index >= 15 is 0 Å². The number of carbonyl (C=O) groups is 3. The molecule has 0 saturated carbocycles. The van der Waals surface area contributed by atoms with Gasteiger partial charge in [0.2, 0.25) is 11.8 Å². The number of nitrogen functional groups attached to an aromatic ring is 1. The smallest absolute Gasteiger partial charge is 0.481 e. The number of hydrogen-bond acceptors (Lipinski definition) is 19. The molecule has 7 atom stereocenters. The number of carbonyl (C=O) groups excluding carboxylic acids is 2. The Labute approximate surface area is 324 Å². The predicted octanol–water partition coefficient (Wildman–Crippen LogP) is -1.43. The quantitative estimate of drug-likeness (QED) is 0.0535. The topological polar surface area (TPSA) is 404 Å². The van der Waals surface area contributed by atoms with Gasteiger partial charge in [-0.15, -0.1) is 0 Å². The number of anilines is 1. The SMILES string of the molecule is CC(C)(COP(=O)(O)OP(=O)(O)OC[C@H]1O[C@@H](n2cnc3c(N)ncnc32)[C@H](O)[C@@H]1OP(=O)(O)O)[C@@H](O)C(=O)NCCC(=O)NCCS.CC(C)(O)CC(=O)O. The van der Waals surface area contributed by atoms with Gasteiger partial charge < -0.3 is 61.1 Å². The molecule has 0 radical (unpaired) electrons. The first-order chi connectivity index (χ1) is 25.6. The summed E-state index contributed by atoms with van der Waals surface area (Å²) in [6, 6.07) is 0. The molecule has 1 aliphatic heterocycles. The van der Waals surface area contributed by atoms with Gasteiger partial charge in [0.25, 0.3) is 0 Å². The van der Waals surface area contributed by atoms with Crippen LogP contribution in [0.3, 0.4) is 0 Å². The van der Waals surface area contributed by atoms with E-state index in [2.05, 4.69) is 47.0 Å². The Kier molecular flexibility index (Phi) is 18.0. The molecule has 3 rings (SSSR count). The first kappa shape index (κ1) is 49.5. The maximum absolute atomic E-state index is 12.6. The number of phosphoric ester groups is 3. The van der Waals surface area contributed by atoms with E-state index in [-0.39, 0.29) is 42.3 Å². The summed E-state index contributed by atoms with van der Waals surface area (Å²) >= 11 is 3.95. The van der Waals surface area contributed by atoms with E-state index in [0.29, 0.717) is 12.3 Å². The number of aliphatic hydroxyl groups is 3. The van der Waals surface area contributed by atoms with Gasteiger partial charge in [0.15, 0.2) is 17.7 Å². The second-order valence-corrected chi connectivity index (χ2v) is 17.9. The number of aliphatic hydroxyl groups excluding tert-OH is 2. The number of nitrogens with one attached hydrogen (secondary N) is 2. The first-order valence-corrected chi connectivity index (χ1v) is 21.2. The normalized spacial score (nSPS) is 21.6. The van der Waals surface area contributed by atoms with Crippen LogP contribution in [-0.4, -0.2) is 139 Å². The number of imidazole rings is 1. The summed E-state index contributed by atoms with van der Waals surface area (Å²) in [5.74, 6) is -1.92. The van der Waals surface area contributed by atoms with Gasteiger partial charge in [0.05, 0.1) is 31.6 Å².